The summed E-state index contributed by atoms with van der Waals surface area (Å²) in [6.45, 7) is 5.12. The third kappa shape index (κ3) is 5.82. The summed E-state index contributed by atoms with van der Waals surface area (Å²) in [5.41, 5.74) is 1.95. The molecule has 1 atom stereocenters. The first kappa shape index (κ1) is 16.8. The van der Waals surface area contributed by atoms with E-state index in [-0.39, 0.29) is 12.6 Å². The van der Waals surface area contributed by atoms with E-state index in [4.69, 9.17) is 0 Å². The highest BCUT2D eigenvalue weighted by Crippen LogP contribution is 2.23. The van der Waals surface area contributed by atoms with Crippen LogP contribution in [0.25, 0.3) is 0 Å². The van der Waals surface area contributed by atoms with Crippen molar-refractivity contribution in [3.63, 3.8) is 0 Å². The molecule has 0 aliphatic rings. The fourth-order valence-electron chi connectivity index (χ4n) is 1.92. The first-order valence-electron chi connectivity index (χ1n) is 6.94. The van der Waals surface area contributed by atoms with Crippen LogP contribution in [-0.2, 0) is 0 Å². The van der Waals surface area contributed by atoms with Crippen molar-refractivity contribution in [3.8, 4) is 0 Å². The fourth-order valence-corrected chi connectivity index (χ4v) is 1.92. The van der Waals surface area contributed by atoms with Crippen molar-refractivity contribution < 1.29 is 13.2 Å². The van der Waals surface area contributed by atoms with Gasteiger partial charge in [0.2, 0.25) is 0 Å². The molecule has 0 saturated heterocycles. The van der Waals surface area contributed by atoms with Crippen LogP contribution in [0.1, 0.15) is 38.3 Å². The lowest BCUT2D eigenvalue weighted by Crippen LogP contribution is -2.24. The van der Waals surface area contributed by atoms with Gasteiger partial charge in [-0.05, 0) is 37.6 Å². The third-order valence-electron chi connectivity index (χ3n) is 3.27. The molecule has 0 aliphatic heterocycles. The fraction of sp³-hybridized carbons (Fsp3) is 0.600. The van der Waals surface area contributed by atoms with Crippen molar-refractivity contribution in [1.82, 2.24) is 5.32 Å². The molecular weight excluding hydrogens is 265 g/mol. The van der Waals surface area contributed by atoms with Gasteiger partial charge in [-0.25, -0.2) is 0 Å². The van der Waals surface area contributed by atoms with Gasteiger partial charge in [-0.2, -0.15) is 13.2 Å². The molecule has 0 saturated carbocycles. The molecule has 2 nitrogen and oxygen atoms in total. The van der Waals surface area contributed by atoms with E-state index in [2.05, 4.69) is 19.2 Å². The number of rotatable bonds is 7. The summed E-state index contributed by atoms with van der Waals surface area (Å²) < 4.78 is 36.6. The Morgan fingerprint density at radius 2 is 1.80 bits per heavy atom. The second-order valence-corrected chi connectivity index (χ2v) is 5.05. The van der Waals surface area contributed by atoms with E-state index < -0.39 is 12.6 Å². The zero-order valence-corrected chi connectivity index (χ0v) is 12.3. The molecule has 1 unspecified atom stereocenters. The molecule has 20 heavy (non-hydrogen) atoms. The van der Waals surface area contributed by atoms with Crippen molar-refractivity contribution in [2.45, 2.75) is 38.9 Å². The standard InChI is InChI=1S/C15H23F3N2/c1-4-10-19-12(2)13-5-7-14(8-6-13)20(3)11-9-15(16,17)18/h5-8,12,19H,4,9-11H2,1-3H3. The van der Waals surface area contributed by atoms with Gasteiger partial charge in [-0.3, -0.25) is 0 Å². The van der Waals surface area contributed by atoms with E-state index in [1.165, 1.54) is 0 Å². The highest BCUT2D eigenvalue weighted by molar-refractivity contribution is 5.47. The van der Waals surface area contributed by atoms with Gasteiger partial charge in [-0.1, -0.05) is 19.1 Å². The van der Waals surface area contributed by atoms with Crippen LogP contribution in [0.5, 0.6) is 0 Å². The van der Waals surface area contributed by atoms with Gasteiger partial charge < -0.3 is 10.2 Å². The number of hydrogen-bond donors (Lipinski definition) is 1. The Hall–Kier alpha value is -1.23. The molecule has 0 bridgehead atoms. The van der Waals surface area contributed by atoms with E-state index in [9.17, 15) is 13.2 Å². The molecule has 0 heterocycles. The van der Waals surface area contributed by atoms with Crippen LogP contribution in [-0.4, -0.2) is 26.3 Å². The largest absolute Gasteiger partial charge is 0.390 e. The second kappa shape index (κ2) is 7.53. The monoisotopic (exact) mass is 288 g/mol. The number of nitrogens with one attached hydrogen (secondary N) is 1. The predicted molar refractivity (Wildman–Crippen MR) is 77.1 cm³/mol. The average Bonchev–Trinajstić information content (AvgIpc) is 2.41. The Bertz CT molecular complexity index is 387. The van der Waals surface area contributed by atoms with Crippen LogP contribution in [0.4, 0.5) is 18.9 Å². The van der Waals surface area contributed by atoms with E-state index in [1.807, 2.05) is 24.3 Å². The maximum atomic E-state index is 12.2. The van der Waals surface area contributed by atoms with E-state index in [0.717, 1.165) is 24.2 Å². The quantitative estimate of drug-likeness (QED) is 0.811. The Morgan fingerprint density at radius 1 is 1.20 bits per heavy atom. The lowest BCUT2D eigenvalue weighted by Gasteiger charge is -2.21. The number of anilines is 1. The molecule has 0 aliphatic carbocycles. The maximum absolute atomic E-state index is 12.2. The normalized spacial score (nSPS) is 13.3. The van der Waals surface area contributed by atoms with Gasteiger partial charge in [0.15, 0.2) is 0 Å². The number of benzene rings is 1. The molecule has 0 amide bonds. The molecule has 5 heteroatoms. The Balaban J connectivity index is 2.57. The van der Waals surface area contributed by atoms with Gasteiger partial charge >= 0.3 is 6.18 Å². The zero-order chi connectivity index (χ0) is 15.2. The first-order valence-corrected chi connectivity index (χ1v) is 6.94. The second-order valence-electron chi connectivity index (χ2n) is 5.05. The Morgan fingerprint density at radius 3 is 2.30 bits per heavy atom. The van der Waals surface area contributed by atoms with Crippen LogP contribution < -0.4 is 10.2 Å². The summed E-state index contributed by atoms with van der Waals surface area (Å²) in [5.74, 6) is 0. The topological polar surface area (TPSA) is 15.3 Å². The van der Waals surface area contributed by atoms with Crippen LogP contribution in [0, 0.1) is 0 Å². The van der Waals surface area contributed by atoms with Crippen molar-refractivity contribution in [3.05, 3.63) is 29.8 Å². The smallest absolute Gasteiger partial charge is 0.374 e. The average molecular weight is 288 g/mol. The van der Waals surface area contributed by atoms with Crippen LogP contribution >= 0.6 is 0 Å². The van der Waals surface area contributed by atoms with Crippen molar-refractivity contribution in [2.75, 3.05) is 25.0 Å². The molecule has 114 valence electrons. The number of alkyl halides is 3. The van der Waals surface area contributed by atoms with Crippen LogP contribution in [0.2, 0.25) is 0 Å². The minimum atomic E-state index is -4.10. The minimum Gasteiger partial charge on any atom is -0.374 e. The van der Waals surface area contributed by atoms with Crippen molar-refractivity contribution in [1.29, 1.82) is 0 Å². The summed E-state index contributed by atoms with van der Waals surface area (Å²) >= 11 is 0. The summed E-state index contributed by atoms with van der Waals surface area (Å²) in [5, 5.41) is 3.38. The number of halogens is 3. The lowest BCUT2D eigenvalue weighted by atomic mass is 10.1. The maximum Gasteiger partial charge on any atom is 0.390 e. The first-order chi connectivity index (χ1) is 9.33. The lowest BCUT2D eigenvalue weighted by molar-refractivity contribution is -0.132. The van der Waals surface area contributed by atoms with Crippen LogP contribution in [0.3, 0.4) is 0 Å². The Labute approximate surface area is 119 Å². The molecule has 1 aromatic carbocycles. The highest BCUT2D eigenvalue weighted by atomic mass is 19.4. The third-order valence-corrected chi connectivity index (χ3v) is 3.27. The molecule has 0 radical (unpaired) electrons. The zero-order valence-electron chi connectivity index (χ0n) is 12.3. The highest BCUT2D eigenvalue weighted by Gasteiger charge is 2.27. The minimum absolute atomic E-state index is 0.0213. The molecule has 1 aromatic rings. The van der Waals surface area contributed by atoms with E-state index in [1.54, 1.807) is 11.9 Å². The SMILES string of the molecule is CCCNC(C)c1ccc(N(C)CCC(F)(F)F)cc1. The van der Waals surface area contributed by atoms with Gasteiger partial charge in [0.05, 0.1) is 6.42 Å². The van der Waals surface area contributed by atoms with E-state index in [0.29, 0.717) is 0 Å². The number of hydrogen-bond acceptors (Lipinski definition) is 2. The Kier molecular flexibility index (Phi) is 6.33. The van der Waals surface area contributed by atoms with Crippen molar-refractivity contribution >= 4 is 5.69 Å². The van der Waals surface area contributed by atoms with Gasteiger partial charge in [0.1, 0.15) is 0 Å². The van der Waals surface area contributed by atoms with E-state index >= 15 is 0 Å². The van der Waals surface area contributed by atoms with Gasteiger partial charge in [0.25, 0.3) is 0 Å². The molecule has 1 rings (SSSR count). The van der Waals surface area contributed by atoms with Gasteiger partial charge in [-0.15, -0.1) is 0 Å². The molecule has 1 N–H and O–H groups in total. The predicted octanol–water partition coefficient (Wildman–Crippen LogP) is 4.14. The summed E-state index contributed by atoms with van der Waals surface area (Å²) in [7, 11) is 1.68. The molecule has 0 fully saturated rings. The van der Waals surface area contributed by atoms with Crippen molar-refractivity contribution in [2.24, 2.45) is 0 Å². The van der Waals surface area contributed by atoms with Gasteiger partial charge in [0, 0.05) is 25.3 Å². The summed E-state index contributed by atoms with van der Waals surface area (Å²) in [4.78, 5) is 1.63. The molecular formula is C15H23F3N2. The molecule has 0 aromatic heterocycles. The summed E-state index contributed by atoms with van der Waals surface area (Å²) in [6, 6.07) is 7.93. The van der Waals surface area contributed by atoms with Crippen LogP contribution in [0.15, 0.2) is 24.3 Å². The molecule has 0 spiro atoms. The number of nitrogens with zero attached hydrogens (tertiary/aromatic N) is 1. The summed E-state index contributed by atoms with van der Waals surface area (Å²) in [6.07, 6.45) is -3.82.